The van der Waals surface area contributed by atoms with Crippen LogP contribution in [0.5, 0.6) is 0 Å². The summed E-state index contributed by atoms with van der Waals surface area (Å²) in [7, 11) is 0. The molecule has 1 aromatic heterocycles. The Labute approximate surface area is 132 Å². The molecule has 0 spiro atoms. The van der Waals surface area contributed by atoms with Gasteiger partial charge in [-0.25, -0.2) is 4.98 Å². The van der Waals surface area contributed by atoms with Gasteiger partial charge in [-0.05, 0) is 36.8 Å². The molecule has 0 bridgehead atoms. The van der Waals surface area contributed by atoms with E-state index in [0.29, 0.717) is 0 Å². The summed E-state index contributed by atoms with van der Waals surface area (Å²) in [6.07, 6.45) is 4.14. The highest BCUT2D eigenvalue weighted by molar-refractivity contribution is 7.98. The molecule has 0 radical (unpaired) electrons. The third-order valence-electron chi connectivity index (χ3n) is 3.20. The van der Waals surface area contributed by atoms with Crippen LogP contribution < -0.4 is 0 Å². The topological polar surface area (TPSA) is 41.6 Å². The molecule has 0 aliphatic heterocycles. The lowest BCUT2D eigenvalue weighted by Crippen LogP contribution is -1.82. The van der Waals surface area contributed by atoms with E-state index in [1.54, 1.807) is 23.5 Å². The molecule has 3 nitrogen and oxygen atoms in total. The largest absolute Gasteiger partial charge is 0.259 e. The van der Waals surface area contributed by atoms with Crippen molar-refractivity contribution in [2.24, 2.45) is 0 Å². The maximum atomic E-state index is 4.58. The van der Waals surface area contributed by atoms with Gasteiger partial charge in [-0.1, -0.05) is 24.3 Å². The van der Waals surface area contributed by atoms with Gasteiger partial charge in [0.15, 0.2) is 11.6 Å². The molecule has 0 fully saturated rings. The van der Waals surface area contributed by atoms with Crippen molar-refractivity contribution in [1.29, 1.82) is 0 Å². The van der Waals surface area contributed by atoms with E-state index in [4.69, 9.17) is 0 Å². The maximum absolute atomic E-state index is 4.58. The fourth-order valence-corrected chi connectivity index (χ4v) is 2.83. The second kappa shape index (κ2) is 6.37. The Morgan fingerprint density at radius 2 is 1.29 bits per heavy atom. The second-order valence-electron chi connectivity index (χ2n) is 4.46. The van der Waals surface area contributed by atoms with Gasteiger partial charge in [0, 0.05) is 20.9 Å². The van der Waals surface area contributed by atoms with E-state index in [0.717, 1.165) is 22.8 Å². The third kappa shape index (κ3) is 3.14. The van der Waals surface area contributed by atoms with E-state index in [-0.39, 0.29) is 0 Å². The fourth-order valence-electron chi connectivity index (χ4n) is 2.01. The standard InChI is InChI=1S/C16H15N3S2/c1-20-13-7-3-11(4-8-13)15-17-16(19-18-15)12-5-9-14(21-2)10-6-12/h3-10H,1-2H3,(H,17,18,19). The molecule has 1 N–H and O–H groups in total. The summed E-state index contributed by atoms with van der Waals surface area (Å²) in [5.74, 6) is 1.53. The van der Waals surface area contributed by atoms with Crippen molar-refractivity contribution >= 4 is 23.5 Å². The van der Waals surface area contributed by atoms with Gasteiger partial charge in [-0.15, -0.1) is 23.5 Å². The van der Waals surface area contributed by atoms with E-state index < -0.39 is 0 Å². The van der Waals surface area contributed by atoms with Crippen molar-refractivity contribution in [3.63, 3.8) is 0 Å². The highest BCUT2D eigenvalue weighted by atomic mass is 32.2. The van der Waals surface area contributed by atoms with Gasteiger partial charge >= 0.3 is 0 Å². The number of aromatic amines is 1. The molecule has 0 saturated heterocycles. The maximum Gasteiger partial charge on any atom is 0.181 e. The summed E-state index contributed by atoms with van der Waals surface area (Å²) < 4.78 is 0. The number of hydrogen-bond donors (Lipinski definition) is 1. The van der Waals surface area contributed by atoms with Gasteiger partial charge < -0.3 is 0 Å². The molecule has 21 heavy (non-hydrogen) atoms. The molecule has 106 valence electrons. The lowest BCUT2D eigenvalue weighted by atomic mass is 10.2. The number of benzene rings is 2. The van der Waals surface area contributed by atoms with E-state index >= 15 is 0 Å². The quantitative estimate of drug-likeness (QED) is 0.716. The van der Waals surface area contributed by atoms with Gasteiger partial charge in [0.2, 0.25) is 0 Å². The van der Waals surface area contributed by atoms with E-state index in [1.807, 2.05) is 0 Å². The molecule has 0 saturated carbocycles. The summed E-state index contributed by atoms with van der Waals surface area (Å²) in [5, 5.41) is 7.33. The Morgan fingerprint density at radius 1 is 0.762 bits per heavy atom. The SMILES string of the molecule is CSc1ccc(-c2n[nH]c(-c3ccc(SC)cc3)n2)cc1. The van der Waals surface area contributed by atoms with Crippen molar-refractivity contribution < 1.29 is 0 Å². The van der Waals surface area contributed by atoms with Crippen LogP contribution in [0.4, 0.5) is 0 Å². The van der Waals surface area contributed by atoms with E-state index in [9.17, 15) is 0 Å². The van der Waals surface area contributed by atoms with Crippen molar-refractivity contribution in [3.8, 4) is 22.8 Å². The summed E-state index contributed by atoms with van der Waals surface area (Å²) >= 11 is 3.46. The zero-order valence-corrected chi connectivity index (χ0v) is 13.5. The van der Waals surface area contributed by atoms with Crippen LogP contribution in [0.15, 0.2) is 58.3 Å². The van der Waals surface area contributed by atoms with Crippen LogP contribution in [-0.4, -0.2) is 27.7 Å². The minimum absolute atomic E-state index is 0.728. The first kappa shape index (κ1) is 14.2. The fraction of sp³-hybridized carbons (Fsp3) is 0.125. The van der Waals surface area contributed by atoms with Crippen molar-refractivity contribution in [2.45, 2.75) is 9.79 Å². The van der Waals surface area contributed by atoms with Crippen molar-refractivity contribution in [2.75, 3.05) is 12.5 Å². The van der Waals surface area contributed by atoms with Crippen LogP contribution in [0.2, 0.25) is 0 Å². The number of nitrogens with zero attached hydrogens (tertiary/aromatic N) is 2. The Morgan fingerprint density at radius 3 is 1.81 bits per heavy atom. The first-order valence-corrected chi connectivity index (χ1v) is 8.96. The predicted molar refractivity (Wildman–Crippen MR) is 90.8 cm³/mol. The number of H-pyrrole nitrogens is 1. The van der Waals surface area contributed by atoms with Crippen molar-refractivity contribution in [3.05, 3.63) is 48.5 Å². The van der Waals surface area contributed by atoms with Gasteiger partial charge in [0.25, 0.3) is 0 Å². The average molecular weight is 313 g/mol. The molecule has 0 unspecified atom stereocenters. The Hall–Kier alpha value is -1.72. The zero-order valence-electron chi connectivity index (χ0n) is 11.8. The number of hydrogen-bond acceptors (Lipinski definition) is 4. The smallest absolute Gasteiger partial charge is 0.181 e. The Kier molecular flexibility index (Phi) is 4.31. The lowest BCUT2D eigenvalue weighted by molar-refractivity contribution is 1.10. The number of nitrogens with one attached hydrogen (secondary N) is 1. The molecule has 0 aliphatic carbocycles. The molecule has 0 amide bonds. The Bertz CT molecular complexity index is 656. The molecule has 0 atom stereocenters. The minimum Gasteiger partial charge on any atom is -0.259 e. The van der Waals surface area contributed by atoms with Gasteiger partial charge in [0.05, 0.1) is 0 Å². The monoisotopic (exact) mass is 313 g/mol. The average Bonchev–Trinajstić information content (AvgIpc) is 3.05. The van der Waals surface area contributed by atoms with Gasteiger partial charge in [-0.3, -0.25) is 5.10 Å². The van der Waals surface area contributed by atoms with E-state index in [2.05, 4.69) is 76.2 Å². The number of rotatable bonds is 4. The zero-order chi connectivity index (χ0) is 14.7. The molecular weight excluding hydrogens is 298 g/mol. The molecule has 3 aromatic rings. The number of aromatic nitrogens is 3. The summed E-state index contributed by atoms with van der Waals surface area (Å²) in [6.45, 7) is 0. The molecular formula is C16H15N3S2. The van der Waals surface area contributed by atoms with Crippen LogP contribution in [-0.2, 0) is 0 Å². The van der Waals surface area contributed by atoms with Gasteiger partial charge in [-0.2, -0.15) is 5.10 Å². The first-order valence-electron chi connectivity index (χ1n) is 6.51. The molecule has 3 rings (SSSR count). The normalized spacial score (nSPS) is 10.8. The highest BCUT2D eigenvalue weighted by Gasteiger charge is 2.07. The first-order chi connectivity index (χ1) is 10.3. The third-order valence-corrected chi connectivity index (χ3v) is 4.68. The van der Waals surface area contributed by atoms with Crippen LogP contribution in [0.3, 0.4) is 0 Å². The predicted octanol–water partition coefficient (Wildman–Crippen LogP) is 4.58. The highest BCUT2D eigenvalue weighted by Crippen LogP contribution is 2.24. The summed E-state index contributed by atoms with van der Waals surface area (Å²) in [4.78, 5) is 7.06. The van der Waals surface area contributed by atoms with Gasteiger partial charge in [0.1, 0.15) is 0 Å². The lowest BCUT2D eigenvalue weighted by Gasteiger charge is -1.99. The minimum atomic E-state index is 0.728. The summed E-state index contributed by atoms with van der Waals surface area (Å²) in [5.41, 5.74) is 2.07. The van der Waals surface area contributed by atoms with Crippen molar-refractivity contribution in [1.82, 2.24) is 15.2 Å². The van der Waals surface area contributed by atoms with Crippen LogP contribution in [0.1, 0.15) is 0 Å². The summed E-state index contributed by atoms with van der Waals surface area (Å²) in [6, 6.07) is 16.6. The van der Waals surface area contributed by atoms with E-state index in [1.165, 1.54) is 9.79 Å². The molecule has 5 heteroatoms. The van der Waals surface area contributed by atoms with Crippen LogP contribution in [0.25, 0.3) is 22.8 Å². The van der Waals surface area contributed by atoms with Crippen LogP contribution in [0, 0.1) is 0 Å². The molecule has 2 aromatic carbocycles. The number of thioether (sulfide) groups is 2. The van der Waals surface area contributed by atoms with Crippen LogP contribution >= 0.6 is 23.5 Å². The molecule has 0 aliphatic rings. The Balaban J connectivity index is 1.87. The molecule has 1 heterocycles. The second-order valence-corrected chi connectivity index (χ2v) is 6.22.